The zero-order valence-electron chi connectivity index (χ0n) is 8.25. The summed E-state index contributed by atoms with van der Waals surface area (Å²) in [6, 6.07) is 0.494. The predicted molar refractivity (Wildman–Crippen MR) is 51.4 cm³/mol. The molecule has 0 aromatic heterocycles. The van der Waals surface area contributed by atoms with Gasteiger partial charge in [-0.3, -0.25) is 4.79 Å². The SMILES string of the molecule is CCCN(C(=O)C1CC1)C1CNC1. The minimum absolute atomic E-state index is 0.382. The Labute approximate surface area is 79.5 Å². The molecule has 74 valence electrons. The topological polar surface area (TPSA) is 32.3 Å². The highest BCUT2D eigenvalue weighted by Crippen LogP contribution is 2.32. The Morgan fingerprint density at radius 1 is 1.46 bits per heavy atom. The van der Waals surface area contributed by atoms with Crippen molar-refractivity contribution >= 4 is 5.91 Å². The van der Waals surface area contributed by atoms with Gasteiger partial charge in [0.05, 0.1) is 6.04 Å². The van der Waals surface area contributed by atoms with Gasteiger partial charge >= 0.3 is 0 Å². The lowest BCUT2D eigenvalue weighted by atomic mass is 10.1. The molecule has 1 saturated heterocycles. The minimum atomic E-state index is 0.382. The van der Waals surface area contributed by atoms with Crippen molar-refractivity contribution in [3.63, 3.8) is 0 Å². The van der Waals surface area contributed by atoms with Crippen molar-refractivity contribution in [1.82, 2.24) is 10.2 Å². The van der Waals surface area contributed by atoms with Crippen LogP contribution in [0.25, 0.3) is 0 Å². The molecule has 0 radical (unpaired) electrons. The molecule has 0 spiro atoms. The van der Waals surface area contributed by atoms with Crippen molar-refractivity contribution in [1.29, 1.82) is 0 Å². The minimum Gasteiger partial charge on any atom is -0.337 e. The van der Waals surface area contributed by atoms with Gasteiger partial charge in [-0.2, -0.15) is 0 Å². The van der Waals surface area contributed by atoms with E-state index in [-0.39, 0.29) is 0 Å². The normalized spacial score (nSPS) is 22.5. The Kier molecular flexibility index (Phi) is 2.54. The molecule has 1 aliphatic carbocycles. The van der Waals surface area contributed by atoms with Crippen LogP contribution in [0.5, 0.6) is 0 Å². The Balaban J connectivity index is 1.90. The summed E-state index contributed by atoms with van der Waals surface area (Å²) in [5.74, 6) is 0.792. The molecule has 2 fully saturated rings. The van der Waals surface area contributed by atoms with Crippen molar-refractivity contribution in [2.45, 2.75) is 32.2 Å². The molecule has 1 amide bonds. The fourth-order valence-electron chi connectivity index (χ4n) is 1.77. The van der Waals surface area contributed by atoms with Gasteiger partial charge in [0.2, 0.25) is 5.91 Å². The number of hydrogen-bond acceptors (Lipinski definition) is 2. The van der Waals surface area contributed by atoms with Gasteiger partial charge in [0.15, 0.2) is 0 Å². The molecule has 13 heavy (non-hydrogen) atoms. The number of carbonyl (C=O) groups excluding carboxylic acids is 1. The Morgan fingerprint density at radius 3 is 2.54 bits per heavy atom. The van der Waals surface area contributed by atoms with E-state index < -0.39 is 0 Å². The first-order chi connectivity index (χ1) is 6.33. The molecule has 2 aliphatic rings. The second-order valence-corrected chi connectivity index (χ2v) is 4.12. The van der Waals surface area contributed by atoms with Crippen LogP contribution in [0.4, 0.5) is 0 Å². The molecule has 0 aromatic carbocycles. The van der Waals surface area contributed by atoms with Crippen molar-refractivity contribution in [3.8, 4) is 0 Å². The molecular weight excluding hydrogens is 164 g/mol. The van der Waals surface area contributed by atoms with Crippen LogP contribution in [0.15, 0.2) is 0 Å². The van der Waals surface area contributed by atoms with Crippen molar-refractivity contribution < 1.29 is 4.79 Å². The van der Waals surface area contributed by atoms with E-state index in [1.54, 1.807) is 0 Å². The molecule has 0 aromatic rings. The van der Waals surface area contributed by atoms with Crippen LogP contribution in [-0.2, 0) is 4.79 Å². The first kappa shape index (κ1) is 9.00. The fourth-order valence-corrected chi connectivity index (χ4v) is 1.77. The molecule has 1 aliphatic heterocycles. The van der Waals surface area contributed by atoms with Crippen molar-refractivity contribution in [3.05, 3.63) is 0 Å². The zero-order valence-corrected chi connectivity index (χ0v) is 8.25. The average molecular weight is 182 g/mol. The van der Waals surface area contributed by atoms with Crippen molar-refractivity contribution in [2.24, 2.45) is 5.92 Å². The third-order valence-corrected chi connectivity index (χ3v) is 2.87. The monoisotopic (exact) mass is 182 g/mol. The van der Waals surface area contributed by atoms with Gasteiger partial charge in [-0.15, -0.1) is 0 Å². The largest absolute Gasteiger partial charge is 0.337 e. The van der Waals surface area contributed by atoms with Crippen LogP contribution in [0.1, 0.15) is 26.2 Å². The summed E-state index contributed by atoms with van der Waals surface area (Å²) in [6.07, 6.45) is 3.33. The number of nitrogens with zero attached hydrogens (tertiary/aromatic N) is 1. The smallest absolute Gasteiger partial charge is 0.226 e. The highest BCUT2D eigenvalue weighted by molar-refractivity contribution is 5.81. The molecule has 2 rings (SSSR count). The van der Waals surface area contributed by atoms with E-state index in [0.717, 1.165) is 38.9 Å². The maximum absolute atomic E-state index is 11.8. The first-order valence-electron chi connectivity index (χ1n) is 5.34. The Hall–Kier alpha value is -0.570. The van der Waals surface area contributed by atoms with Gasteiger partial charge in [-0.25, -0.2) is 0 Å². The number of nitrogens with one attached hydrogen (secondary N) is 1. The standard InChI is InChI=1S/C10H18N2O/c1-2-5-12(9-6-11-7-9)10(13)8-3-4-8/h8-9,11H,2-7H2,1H3. The van der Waals surface area contributed by atoms with E-state index in [1.165, 1.54) is 0 Å². The van der Waals surface area contributed by atoms with Crippen molar-refractivity contribution in [2.75, 3.05) is 19.6 Å². The summed E-state index contributed by atoms with van der Waals surface area (Å²) in [5, 5.41) is 3.22. The number of rotatable bonds is 4. The van der Waals surface area contributed by atoms with E-state index in [4.69, 9.17) is 0 Å². The lowest BCUT2D eigenvalue weighted by Gasteiger charge is -2.38. The fraction of sp³-hybridized carbons (Fsp3) is 0.900. The highest BCUT2D eigenvalue weighted by atomic mass is 16.2. The Morgan fingerprint density at radius 2 is 2.15 bits per heavy atom. The summed E-state index contributed by atoms with van der Waals surface area (Å²) in [7, 11) is 0. The second-order valence-electron chi connectivity index (χ2n) is 4.12. The number of amides is 1. The molecular formula is C10H18N2O. The van der Waals surface area contributed by atoms with Crippen LogP contribution in [-0.4, -0.2) is 36.5 Å². The maximum atomic E-state index is 11.8. The van der Waals surface area contributed by atoms with Gasteiger partial charge in [0, 0.05) is 25.6 Å². The third kappa shape index (κ3) is 1.85. The molecule has 1 N–H and O–H groups in total. The summed E-state index contributed by atoms with van der Waals surface area (Å²) in [6.45, 7) is 5.08. The van der Waals surface area contributed by atoms with E-state index in [1.807, 2.05) is 0 Å². The predicted octanol–water partition coefficient (Wildman–Crippen LogP) is 0.607. The van der Waals surface area contributed by atoms with Crippen LogP contribution in [0.3, 0.4) is 0 Å². The Bertz CT molecular complexity index is 197. The highest BCUT2D eigenvalue weighted by Gasteiger charge is 2.37. The zero-order chi connectivity index (χ0) is 9.26. The van der Waals surface area contributed by atoms with E-state index >= 15 is 0 Å². The third-order valence-electron chi connectivity index (χ3n) is 2.87. The van der Waals surface area contributed by atoms with E-state index in [9.17, 15) is 4.79 Å². The molecule has 1 heterocycles. The van der Waals surface area contributed by atoms with Crippen LogP contribution in [0, 0.1) is 5.92 Å². The molecule has 0 atom stereocenters. The van der Waals surface area contributed by atoms with Gasteiger partial charge in [0.1, 0.15) is 0 Å². The van der Waals surface area contributed by atoms with Gasteiger partial charge in [-0.1, -0.05) is 6.92 Å². The van der Waals surface area contributed by atoms with Crippen LogP contribution < -0.4 is 5.32 Å². The van der Waals surface area contributed by atoms with Crippen LogP contribution in [0.2, 0.25) is 0 Å². The summed E-state index contributed by atoms with van der Waals surface area (Å²) in [4.78, 5) is 13.9. The summed E-state index contributed by atoms with van der Waals surface area (Å²) >= 11 is 0. The van der Waals surface area contributed by atoms with Gasteiger partial charge in [0.25, 0.3) is 0 Å². The van der Waals surface area contributed by atoms with Gasteiger partial charge in [-0.05, 0) is 19.3 Å². The number of carbonyl (C=O) groups is 1. The summed E-state index contributed by atoms with van der Waals surface area (Å²) < 4.78 is 0. The van der Waals surface area contributed by atoms with E-state index in [2.05, 4.69) is 17.1 Å². The second kappa shape index (κ2) is 3.66. The first-order valence-corrected chi connectivity index (χ1v) is 5.34. The quantitative estimate of drug-likeness (QED) is 0.691. The lowest BCUT2D eigenvalue weighted by molar-refractivity contribution is -0.136. The summed E-state index contributed by atoms with van der Waals surface area (Å²) in [5.41, 5.74) is 0. The molecule has 0 unspecified atom stereocenters. The van der Waals surface area contributed by atoms with E-state index in [0.29, 0.717) is 17.9 Å². The maximum Gasteiger partial charge on any atom is 0.226 e. The average Bonchev–Trinajstić information content (AvgIpc) is 2.81. The van der Waals surface area contributed by atoms with Crippen LogP contribution >= 0.6 is 0 Å². The molecule has 0 bridgehead atoms. The number of hydrogen-bond donors (Lipinski definition) is 1. The molecule has 1 saturated carbocycles. The molecule has 3 heteroatoms. The molecule has 3 nitrogen and oxygen atoms in total. The van der Waals surface area contributed by atoms with Gasteiger partial charge < -0.3 is 10.2 Å². The lowest BCUT2D eigenvalue weighted by Crippen LogP contribution is -2.59.